The summed E-state index contributed by atoms with van der Waals surface area (Å²) in [5.41, 5.74) is 17.7. The van der Waals surface area contributed by atoms with Crippen LogP contribution in [0.15, 0.2) is 41.3 Å². The van der Waals surface area contributed by atoms with Gasteiger partial charge < -0.3 is 31.9 Å². The van der Waals surface area contributed by atoms with Crippen molar-refractivity contribution in [3.05, 3.63) is 52.6 Å². The monoisotopic (exact) mass is 604 g/mol. The number of likely N-dealkylation sites (N-methyl/N-ethyl adjacent to an activating group) is 1. The number of hydrogen-bond donors (Lipinski definition) is 5. The fourth-order valence-corrected chi connectivity index (χ4v) is 5.80. The molecule has 1 aromatic carbocycles. The molecule has 11 nitrogen and oxygen atoms in total. The second kappa shape index (κ2) is 15.1. The Bertz CT molecular complexity index is 1200. The zero-order valence-corrected chi connectivity index (χ0v) is 25.7. The summed E-state index contributed by atoms with van der Waals surface area (Å²) in [4.78, 5) is 44.1. The van der Waals surface area contributed by atoms with E-state index in [-0.39, 0.29) is 18.0 Å². The van der Waals surface area contributed by atoms with Crippen LogP contribution in [0.2, 0.25) is 0 Å². The first-order chi connectivity index (χ1) is 19.4. The number of thiol groups is 2. The number of amides is 2. The van der Waals surface area contributed by atoms with E-state index < -0.39 is 4.20 Å². The van der Waals surface area contributed by atoms with Crippen LogP contribution in [0, 0.1) is 5.92 Å². The van der Waals surface area contributed by atoms with E-state index in [4.69, 9.17) is 16.3 Å². The summed E-state index contributed by atoms with van der Waals surface area (Å²) in [6.45, 7) is 5.38. The van der Waals surface area contributed by atoms with Gasteiger partial charge >= 0.3 is 5.69 Å². The highest BCUT2D eigenvalue weighted by Crippen LogP contribution is 2.25. The molecule has 0 radical (unpaired) electrons. The lowest BCUT2D eigenvalue weighted by Crippen LogP contribution is -2.55. The smallest absolute Gasteiger partial charge is 0.354 e. The molecule has 3 atom stereocenters. The molecule has 0 bridgehead atoms. The normalized spacial score (nSPS) is 20.3. The molecule has 1 saturated heterocycles. The molecule has 2 aromatic rings. The second-order valence-electron chi connectivity index (χ2n) is 11.0. The van der Waals surface area contributed by atoms with E-state index in [1.54, 1.807) is 15.7 Å². The Balaban J connectivity index is 0.00000147. The maximum absolute atomic E-state index is 12.9. The van der Waals surface area contributed by atoms with Gasteiger partial charge in [0.25, 0.3) is 5.91 Å². The number of benzene rings is 1. The molecule has 2 amide bonds. The number of nitrogens with zero attached hydrogens (tertiary/aromatic N) is 5. The Morgan fingerprint density at radius 2 is 1.80 bits per heavy atom. The van der Waals surface area contributed by atoms with Gasteiger partial charge in [0, 0.05) is 51.0 Å². The number of primary amides is 1. The van der Waals surface area contributed by atoms with Crippen molar-refractivity contribution < 1.29 is 9.59 Å². The Hall–Kier alpha value is -2.58. The molecule has 2 fully saturated rings. The predicted molar refractivity (Wildman–Crippen MR) is 169 cm³/mol. The van der Waals surface area contributed by atoms with Crippen molar-refractivity contribution in [3.63, 3.8) is 0 Å². The zero-order chi connectivity index (χ0) is 30.2. The first kappa shape index (κ1) is 32.9. The van der Waals surface area contributed by atoms with Gasteiger partial charge in [-0.15, -0.1) is 25.3 Å². The highest BCUT2D eigenvalue weighted by Gasteiger charge is 2.32. The van der Waals surface area contributed by atoms with Crippen molar-refractivity contribution in [1.29, 1.82) is 0 Å². The Kier molecular flexibility index (Phi) is 12.1. The third-order valence-electron chi connectivity index (χ3n) is 7.86. The fourth-order valence-electron chi connectivity index (χ4n) is 5.51. The Morgan fingerprint density at radius 1 is 1.17 bits per heavy atom. The second-order valence-corrected chi connectivity index (χ2v) is 12.8. The molecule has 13 heteroatoms. The van der Waals surface area contributed by atoms with Gasteiger partial charge in [-0.3, -0.25) is 14.2 Å². The molecule has 1 saturated carbocycles. The largest absolute Gasteiger partial charge is 0.372 e. The molecule has 1 aliphatic carbocycles. The summed E-state index contributed by atoms with van der Waals surface area (Å²) in [7, 11) is 2.20. The molecule has 4 rings (SSSR count). The highest BCUT2D eigenvalue weighted by atomic mass is 32.2. The van der Waals surface area contributed by atoms with E-state index >= 15 is 0 Å². The quantitative estimate of drug-likeness (QED) is 0.169. The summed E-state index contributed by atoms with van der Waals surface area (Å²) >= 11 is 8.09. The van der Waals surface area contributed by atoms with Gasteiger partial charge in [0.05, 0.1) is 5.69 Å². The molecular formula is C28H44N8O3S2. The van der Waals surface area contributed by atoms with Crippen molar-refractivity contribution in [2.45, 2.75) is 55.3 Å². The maximum atomic E-state index is 12.9. The molecule has 2 unspecified atom stereocenters. The van der Waals surface area contributed by atoms with Crippen molar-refractivity contribution in [1.82, 2.24) is 19.4 Å². The first-order valence-electron chi connectivity index (χ1n) is 14.0. The highest BCUT2D eigenvalue weighted by molar-refractivity contribution is 8.01. The third-order valence-corrected chi connectivity index (χ3v) is 8.24. The van der Waals surface area contributed by atoms with Gasteiger partial charge in [-0.1, -0.05) is 18.6 Å². The van der Waals surface area contributed by atoms with E-state index in [9.17, 15) is 9.59 Å². The lowest BCUT2D eigenvalue weighted by atomic mass is 9.85. The SMILES string of the molecule is CC(Cc1ccc(-n2ccc(N3CCN(C(=O)C(N)(S)S)CC3)nc2=O)cc1)N(C)C[C@H]1CCCC(N)C1.NC=O. The third kappa shape index (κ3) is 9.47. The molecule has 2 aliphatic rings. The van der Waals surface area contributed by atoms with Gasteiger partial charge in [0.2, 0.25) is 6.41 Å². The zero-order valence-electron chi connectivity index (χ0n) is 23.9. The lowest BCUT2D eigenvalue weighted by Gasteiger charge is -2.37. The van der Waals surface area contributed by atoms with E-state index in [1.807, 2.05) is 23.1 Å². The average molecular weight is 605 g/mol. The van der Waals surface area contributed by atoms with Gasteiger partial charge in [0.15, 0.2) is 4.20 Å². The number of anilines is 1. The van der Waals surface area contributed by atoms with E-state index in [2.05, 4.69) is 67.0 Å². The van der Waals surface area contributed by atoms with Gasteiger partial charge in [-0.25, -0.2) is 4.79 Å². The number of hydrogen-bond acceptors (Lipinski definition) is 10. The lowest BCUT2D eigenvalue weighted by molar-refractivity contribution is -0.131. The van der Waals surface area contributed by atoms with Crippen LogP contribution in [0.5, 0.6) is 0 Å². The van der Waals surface area contributed by atoms with Crippen LogP contribution >= 0.6 is 25.3 Å². The predicted octanol–water partition coefficient (Wildman–Crippen LogP) is 0.835. The van der Waals surface area contributed by atoms with Crippen LogP contribution in [-0.4, -0.2) is 87.7 Å². The Labute approximate surface area is 253 Å². The Morgan fingerprint density at radius 3 is 2.37 bits per heavy atom. The summed E-state index contributed by atoms with van der Waals surface area (Å²) in [6.07, 6.45) is 7.76. The average Bonchev–Trinajstić information content (AvgIpc) is 2.93. The molecule has 41 heavy (non-hydrogen) atoms. The van der Waals surface area contributed by atoms with Crippen molar-refractivity contribution in [3.8, 4) is 5.69 Å². The summed E-state index contributed by atoms with van der Waals surface area (Å²) in [6, 6.07) is 10.7. The molecule has 1 aliphatic heterocycles. The minimum absolute atomic E-state index is 0.250. The van der Waals surface area contributed by atoms with Crippen LogP contribution in [-0.2, 0) is 16.0 Å². The van der Waals surface area contributed by atoms with E-state index in [1.165, 1.54) is 18.4 Å². The van der Waals surface area contributed by atoms with E-state index in [0.29, 0.717) is 50.0 Å². The number of carbonyl (C=O) groups is 2. The van der Waals surface area contributed by atoms with Crippen LogP contribution in [0.3, 0.4) is 0 Å². The van der Waals surface area contributed by atoms with Crippen molar-refractivity contribution in [2.24, 2.45) is 23.1 Å². The number of piperazine rings is 1. The maximum Gasteiger partial charge on any atom is 0.354 e. The molecule has 2 heterocycles. The van der Waals surface area contributed by atoms with Crippen LogP contribution in [0.1, 0.15) is 38.2 Å². The molecule has 1 aromatic heterocycles. The molecule has 226 valence electrons. The standard InChI is InChI=1S/C27H41N7O2S2.CH3NO/c1-19(31(2)18-21-4-3-5-22(28)17-21)16-20-6-8-23(9-7-20)34-11-10-24(30-26(34)36)32-12-14-33(15-13-32)25(35)27(29,37)38;2-1-3/h6-11,19,21-22,37-38H,3-5,12-18,28-29H2,1-2H3;1H,(H2,2,3)/t19?,21-,22?;/m0./s1. The summed E-state index contributed by atoms with van der Waals surface area (Å²) in [5.74, 6) is 0.959. The first-order valence-corrected chi connectivity index (χ1v) is 14.9. The number of rotatable bonds is 8. The van der Waals surface area contributed by atoms with Crippen LogP contribution < -0.4 is 27.8 Å². The number of nitrogens with two attached hydrogens (primary N) is 3. The van der Waals surface area contributed by atoms with Crippen LogP contribution in [0.25, 0.3) is 5.69 Å². The molecule has 0 spiro atoms. The topological polar surface area (TPSA) is 157 Å². The summed E-state index contributed by atoms with van der Waals surface area (Å²) in [5, 5.41) is 0. The van der Waals surface area contributed by atoms with Crippen LogP contribution in [0.4, 0.5) is 5.82 Å². The van der Waals surface area contributed by atoms with Gasteiger partial charge in [-0.2, -0.15) is 4.98 Å². The number of aromatic nitrogens is 2. The molecule has 6 N–H and O–H groups in total. The summed E-state index contributed by atoms with van der Waals surface area (Å²) < 4.78 is 0.0630. The number of carbonyl (C=O) groups excluding carboxylic acids is 2. The van der Waals surface area contributed by atoms with Gasteiger partial charge in [-0.05, 0) is 69.3 Å². The van der Waals surface area contributed by atoms with Crippen molar-refractivity contribution >= 4 is 43.4 Å². The van der Waals surface area contributed by atoms with Gasteiger partial charge in [0.1, 0.15) is 5.82 Å². The van der Waals surface area contributed by atoms with Crippen molar-refractivity contribution in [2.75, 3.05) is 44.7 Å². The fraction of sp³-hybridized carbons (Fsp3) is 0.571. The minimum atomic E-state index is -1.49. The molecular weight excluding hydrogens is 560 g/mol. The minimum Gasteiger partial charge on any atom is -0.372 e. The van der Waals surface area contributed by atoms with E-state index in [0.717, 1.165) is 31.5 Å².